The third-order valence-corrected chi connectivity index (χ3v) is 11.8. The Morgan fingerprint density at radius 3 is 1.53 bits per heavy atom. The van der Waals surface area contributed by atoms with Crippen LogP contribution in [0.25, 0.3) is 110 Å². The van der Waals surface area contributed by atoms with Crippen LogP contribution in [0.15, 0.2) is 212 Å². The number of nitrogens with zero attached hydrogens (tertiary/aromatic N) is 3. The number of hydrogen-bond acceptors (Lipinski definition) is 1. The van der Waals surface area contributed by atoms with Gasteiger partial charge in [0.2, 0.25) is 0 Å². The van der Waals surface area contributed by atoms with E-state index >= 15 is 0 Å². The molecule has 0 atom stereocenters. The monoisotopic (exact) mass is 737 g/mol. The number of para-hydroxylation sites is 3. The first kappa shape index (κ1) is 32.5. The molecule has 12 rings (SSSR count). The van der Waals surface area contributed by atoms with E-state index in [0.717, 1.165) is 44.8 Å². The molecule has 3 heteroatoms. The number of pyridine rings is 2. The molecule has 0 unspecified atom stereocenters. The van der Waals surface area contributed by atoms with Crippen molar-refractivity contribution in [2.24, 2.45) is 0 Å². The van der Waals surface area contributed by atoms with Crippen molar-refractivity contribution in [3.63, 3.8) is 0 Å². The molecule has 4 aromatic heterocycles. The van der Waals surface area contributed by atoms with E-state index in [9.17, 15) is 0 Å². The van der Waals surface area contributed by atoms with E-state index < -0.39 is 0 Å². The van der Waals surface area contributed by atoms with Gasteiger partial charge in [-0.05, 0) is 99.4 Å². The molecular weight excluding hydrogens is 703 g/mol. The van der Waals surface area contributed by atoms with Gasteiger partial charge in [-0.2, -0.15) is 0 Å². The van der Waals surface area contributed by atoms with Gasteiger partial charge in [0.1, 0.15) is 5.82 Å². The first-order valence-corrected chi connectivity index (χ1v) is 19.9. The molecule has 0 aliphatic carbocycles. The van der Waals surface area contributed by atoms with Crippen molar-refractivity contribution in [3.05, 3.63) is 212 Å². The van der Waals surface area contributed by atoms with Crippen molar-refractivity contribution in [2.45, 2.75) is 0 Å². The molecule has 0 bridgehead atoms. The van der Waals surface area contributed by atoms with Crippen LogP contribution in [0.2, 0.25) is 0 Å². The Morgan fingerprint density at radius 1 is 0.276 bits per heavy atom. The van der Waals surface area contributed by atoms with Crippen LogP contribution in [0, 0.1) is 0 Å². The zero-order chi connectivity index (χ0) is 38.2. The van der Waals surface area contributed by atoms with E-state index in [1.165, 1.54) is 65.6 Å². The molecule has 0 aliphatic rings. The number of fused-ring (bicyclic) bond motifs is 11. The minimum Gasteiger partial charge on any atom is -0.309 e. The van der Waals surface area contributed by atoms with Gasteiger partial charge in [-0.15, -0.1) is 0 Å². The summed E-state index contributed by atoms with van der Waals surface area (Å²) in [7, 11) is 0. The Morgan fingerprint density at radius 2 is 0.810 bits per heavy atom. The fourth-order valence-corrected chi connectivity index (χ4v) is 9.15. The fourth-order valence-electron chi connectivity index (χ4n) is 9.15. The summed E-state index contributed by atoms with van der Waals surface area (Å²) < 4.78 is 4.81. The molecule has 4 heterocycles. The van der Waals surface area contributed by atoms with Crippen LogP contribution >= 0.6 is 0 Å². The number of hydrogen-bond donors (Lipinski definition) is 0. The molecule has 0 N–H and O–H groups in total. The smallest absolute Gasteiger partial charge is 0.138 e. The minimum atomic E-state index is 0.882. The molecule has 12 aromatic rings. The molecular formula is C55H35N3. The third kappa shape index (κ3) is 5.11. The van der Waals surface area contributed by atoms with Crippen molar-refractivity contribution >= 4 is 59.9 Å². The maximum absolute atomic E-state index is 5.57. The number of aromatic nitrogens is 3. The van der Waals surface area contributed by atoms with E-state index in [2.05, 4.69) is 221 Å². The van der Waals surface area contributed by atoms with Gasteiger partial charge in [0.05, 0.1) is 33.3 Å². The van der Waals surface area contributed by atoms with Crippen molar-refractivity contribution in [3.8, 4) is 50.5 Å². The Bertz CT molecular complexity index is 3460. The Kier molecular flexibility index (Phi) is 7.23. The first-order chi connectivity index (χ1) is 28.7. The van der Waals surface area contributed by atoms with Crippen molar-refractivity contribution in [1.82, 2.24) is 14.0 Å². The second kappa shape index (κ2) is 12.9. The van der Waals surface area contributed by atoms with Crippen LogP contribution in [0.1, 0.15) is 0 Å². The van der Waals surface area contributed by atoms with E-state index in [1.807, 2.05) is 0 Å². The van der Waals surface area contributed by atoms with Crippen LogP contribution in [0.3, 0.4) is 0 Å². The van der Waals surface area contributed by atoms with E-state index in [4.69, 9.17) is 4.98 Å². The third-order valence-electron chi connectivity index (χ3n) is 11.8. The highest BCUT2D eigenvalue weighted by molar-refractivity contribution is 6.22. The van der Waals surface area contributed by atoms with Gasteiger partial charge in [-0.3, -0.25) is 4.57 Å². The SMILES string of the molecule is c1ccc(-c2cccc(-c3cc(-c4cccc(-c5ccccc5)c4)nc(-n4c5ccccc5c5cc6c(cc54)c4ccccc4n4c5ccccc5cc64)c3)c2)cc1. The van der Waals surface area contributed by atoms with Gasteiger partial charge in [0.25, 0.3) is 0 Å². The lowest BCUT2D eigenvalue weighted by Crippen LogP contribution is -2.00. The zero-order valence-electron chi connectivity index (χ0n) is 31.5. The van der Waals surface area contributed by atoms with Crippen LogP contribution in [0.4, 0.5) is 0 Å². The van der Waals surface area contributed by atoms with Gasteiger partial charge in [0.15, 0.2) is 0 Å². The molecule has 0 saturated carbocycles. The van der Waals surface area contributed by atoms with Crippen LogP contribution in [-0.2, 0) is 0 Å². The standard InChI is InChI=1S/C55H35N3/c1-3-15-36(16-4-1)38-20-13-22-40(29-38)43-31-49(41-23-14-21-39(30-41)37-17-5-2-6-18-37)56-55(33-43)58-52-28-12-9-25-45(52)47-34-48-46(35-54(47)58)44-24-8-11-27-51(44)57-50-26-10-7-19-42(50)32-53(48)57/h1-35H. The highest BCUT2D eigenvalue weighted by atomic mass is 15.1. The quantitative estimate of drug-likeness (QED) is 0.161. The summed E-state index contributed by atoms with van der Waals surface area (Å²) in [6, 6.07) is 76.9. The molecule has 270 valence electrons. The average molecular weight is 738 g/mol. The Hall–Kier alpha value is -7.75. The molecule has 0 amide bonds. The minimum absolute atomic E-state index is 0.882. The van der Waals surface area contributed by atoms with Crippen LogP contribution < -0.4 is 0 Å². The van der Waals surface area contributed by atoms with Gasteiger partial charge in [0, 0.05) is 32.5 Å². The normalized spacial score (nSPS) is 11.8. The van der Waals surface area contributed by atoms with Gasteiger partial charge in [-0.25, -0.2) is 4.98 Å². The van der Waals surface area contributed by atoms with Crippen LogP contribution in [-0.4, -0.2) is 14.0 Å². The molecule has 0 spiro atoms. The van der Waals surface area contributed by atoms with Crippen molar-refractivity contribution < 1.29 is 0 Å². The number of benzene rings is 8. The summed E-state index contributed by atoms with van der Waals surface area (Å²) in [6.07, 6.45) is 0. The highest BCUT2D eigenvalue weighted by Gasteiger charge is 2.20. The molecule has 8 aromatic carbocycles. The summed E-state index contributed by atoms with van der Waals surface area (Å²) in [5, 5.41) is 7.34. The predicted octanol–water partition coefficient (Wildman–Crippen LogP) is 14.6. The summed E-state index contributed by atoms with van der Waals surface area (Å²) in [5.74, 6) is 0.882. The van der Waals surface area contributed by atoms with Crippen LogP contribution in [0.5, 0.6) is 0 Å². The summed E-state index contributed by atoms with van der Waals surface area (Å²) >= 11 is 0. The van der Waals surface area contributed by atoms with E-state index in [0.29, 0.717) is 0 Å². The zero-order valence-corrected chi connectivity index (χ0v) is 31.5. The summed E-state index contributed by atoms with van der Waals surface area (Å²) in [6.45, 7) is 0. The van der Waals surface area contributed by atoms with Crippen molar-refractivity contribution in [2.75, 3.05) is 0 Å². The lowest BCUT2D eigenvalue weighted by Gasteiger charge is -2.15. The Labute approximate surface area is 335 Å². The van der Waals surface area contributed by atoms with Crippen molar-refractivity contribution in [1.29, 1.82) is 0 Å². The predicted molar refractivity (Wildman–Crippen MR) is 244 cm³/mol. The first-order valence-electron chi connectivity index (χ1n) is 19.9. The second-order valence-corrected chi connectivity index (χ2v) is 15.2. The lowest BCUT2D eigenvalue weighted by molar-refractivity contribution is 1.09. The molecule has 0 radical (unpaired) electrons. The topological polar surface area (TPSA) is 22.2 Å². The highest BCUT2D eigenvalue weighted by Crippen LogP contribution is 2.41. The second-order valence-electron chi connectivity index (χ2n) is 15.2. The lowest BCUT2D eigenvalue weighted by atomic mass is 9.97. The molecule has 3 nitrogen and oxygen atoms in total. The average Bonchev–Trinajstić information content (AvgIpc) is 3.85. The van der Waals surface area contributed by atoms with Gasteiger partial charge >= 0.3 is 0 Å². The Balaban J connectivity index is 1.16. The molecule has 58 heavy (non-hydrogen) atoms. The molecule has 0 fully saturated rings. The maximum atomic E-state index is 5.57. The maximum Gasteiger partial charge on any atom is 0.138 e. The molecule has 0 saturated heterocycles. The fraction of sp³-hybridized carbons (Fsp3) is 0. The van der Waals surface area contributed by atoms with E-state index in [-0.39, 0.29) is 0 Å². The van der Waals surface area contributed by atoms with Gasteiger partial charge < -0.3 is 4.40 Å². The van der Waals surface area contributed by atoms with Gasteiger partial charge in [-0.1, -0.05) is 152 Å². The summed E-state index contributed by atoms with van der Waals surface area (Å²) in [4.78, 5) is 5.57. The number of rotatable bonds is 5. The molecule has 0 aliphatic heterocycles. The van der Waals surface area contributed by atoms with E-state index in [1.54, 1.807) is 0 Å². The largest absolute Gasteiger partial charge is 0.309 e. The summed E-state index contributed by atoms with van der Waals surface area (Å²) in [5.41, 5.74) is 14.9.